The molecule has 0 bridgehead atoms. The Morgan fingerprint density at radius 3 is 2.79 bits per heavy atom. The lowest BCUT2D eigenvalue weighted by Crippen LogP contribution is -2.61. The lowest BCUT2D eigenvalue weighted by molar-refractivity contribution is -0.148. The van der Waals surface area contributed by atoms with Gasteiger partial charge >= 0.3 is 0 Å². The van der Waals surface area contributed by atoms with Gasteiger partial charge < -0.3 is 10.2 Å². The molecule has 104 valence electrons. The minimum Gasteiger partial charge on any atom is -0.345 e. The maximum Gasteiger partial charge on any atom is 0.243 e. The van der Waals surface area contributed by atoms with E-state index >= 15 is 0 Å². The van der Waals surface area contributed by atoms with Gasteiger partial charge in [0.05, 0.1) is 6.54 Å². The van der Waals surface area contributed by atoms with Crippen LogP contribution in [0.2, 0.25) is 0 Å². The van der Waals surface area contributed by atoms with Crippen molar-refractivity contribution in [1.82, 2.24) is 10.2 Å². The van der Waals surface area contributed by atoms with Gasteiger partial charge in [-0.25, -0.2) is 0 Å². The summed E-state index contributed by atoms with van der Waals surface area (Å²) in [6.45, 7) is 6.17. The monoisotopic (exact) mass is 280 g/mol. The zero-order valence-corrected chi connectivity index (χ0v) is 12.4. The predicted octanol–water partition coefficient (Wildman–Crippen LogP) is 1.72. The molecule has 4 nitrogen and oxygen atoms in total. The van der Waals surface area contributed by atoms with Crippen LogP contribution >= 0.6 is 11.3 Å². The fraction of sp³-hybridized carbons (Fsp3) is 0.571. The van der Waals surface area contributed by atoms with Crippen LogP contribution in [0.4, 0.5) is 0 Å². The van der Waals surface area contributed by atoms with Crippen molar-refractivity contribution in [3.63, 3.8) is 0 Å². The minimum absolute atomic E-state index is 0.0206. The van der Waals surface area contributed by atoms with E-state index in [1.807, 2.05) is 13.8 Å². The molecule has 0 aliphatic carbocycles. The van der Waals surface area contributed by atoms with Crippen LogP contribution < -0.4 is 5.32 Å². The summed E-state index contributed by atoms with van der Waals surface area (Å²) in [5.74, 6) is -0.0106. The first-order valence-corrected chi connectivity index (χ1v) is 7.48. The van der Waals surface area contributed by atoms with Gasteiger partial charge in [0.15, 0.2) is 0 Å². The average molecular weight is 280 g/mol. The summed E-state index contributed by atoms with van der Waals surface area (Å²) in [4.78, 5) is 28.2. The Labute approximate surface area is 117 Å². The topological polar surface area (TPSA) is 49.4 Å². The van der Waals surface area contributed by atoms with Gasteiger partial charge in [0.25, 0.3) is 0 Å². The molecule has 0 spiro atoms. The number of hydrogen-bond donors (Lipinski definition) is 1. The third kappa shape index (κ3) is 2.97. The summed E-state index contributed by atoms with van der Waals surface area (Å²) in [5, 5.41) is 2.66. The molecule has 2 heterocycles. The lowest BCUT2D eigenvalue weighted by atomic mass is 10.0. The van der Waals surface area contributed by atoms with Crippen molar-refractivity contribution in [1.29, 1.82) is 0 Å². The minimum atomic E-state index is -0.322. The van der Waals surface area contributed by atoms with E-state index in [1.54, 1.807) is 16.2 Å². The first kappa shape index (κ1) is 14.1. The van der Waals surface area contributed by atoms with E-state index in [0.29, 0.717) is 6.42 Å². The van der Waals surface area contributed by atoms with Gasteiger partial charge in [-0.15, -0.1) is 11.3 Å². The Balaban J connectivity index is 2.12. The molecule has 19 heavy (non-hydrogen) atoms. The quantitative estimate of drug-likeness (QED) is 0.913. The molecule has 1 saturated heterocycles. The van der Waals surface area contributed by atoms with Crippen LogP contribution in [0, 0.1) is 6.92 Å². The van der Waals surface area contributed by atoms with E-state index in [4.69, 9.17) is 0 Å². The highest BCUT2D eigenvalue weighted by atomic mass is 32.1. The Morgan fingerprint density at radius 1 is 1.47 bits per heavy atom. The number of nitrogens with zero attached hydrogens (tertiary/aromatic N) is 1. The van der Waals surface area contributed by atoms with Crippen LogP contribution in [0.15, 0.2) is 12.1 Å². The van der Waals surface area contributed by atoms with E-state index in [2.05, 4.69) is 24.4 Å². The molecule has 0 aromatic carbocycles. The Kier molecular flexibility index (Phi) is 4.24. The third-order valence-corrected chi connectivity index (χ3v) is 4.52. The summed E-state index contributed by atoms with van der Waals surface area (Å²) in [5.41, 5.74) is 0. The van der Waals surface area contributed by atoms with Gasteiger partial charge in [0.1, 0.15) is 6.04 Å². The Hall–Kier alpha value is -1.36. The zero-order chi connectivity index (χ0) is 14.0. The first-order chi connectivity index (χ1) is 9.02. The third-order valence-electron chi connectivity index (χ3n) is 3.49. The number of thiophene rings is 1. The van der Waals surface area contributed by atoms with Gasteiger partial charge in [-0.1, -0.05) is 6.92 Å². The van der Waals surface area contributed by atoms with Crippen molar-refractivity contribution in [2.45, 2.75) is 45.7 Å². The molecular formula is C14H20N2O2S. The van der Waals surface area contributed by atoms with Crippen LogP contribution in [0.5, 0.6) is 0 Å². The number of aryl methyl sites for hydroxylation is 1. The Bertz CT molecular complexity index is 484. The van der Waals surface area contributed by atoms with E-state index in [-0.39, 0.29) is 30.4 Å². The highest BCUT2D eigenvalue weighted by molar-refractivity contribution is 7.11. The van der Waals surface area contributed by atoms with Gasteiger partial charge in [-0.05, 0) is 32.4 Å². The molecular weight excluding hydrogens is 260 g/mol. The number of piperazine rings is 1. The van der Waals surface area contributed by atoms with Gasteiger partial charge in [-0.2, -0.15) is 0 Å². The predicted molar refractivity (Wildman–Crippen MR) is 76.2 cm³/mol. The average Bonchev–Trinajstić information content (AvgIpc) is 2.77. The zero-order valence-electron chi connectivity index (χ0n) is 11.6. The second-order valence-electron chi connectivity index (χ2n) is 5.01. The summed E-state index contributed by atoms with van der Waals surface area (Å²) in [7, 11) is 0. The summed E-state index contributed by atoms with van der Waals surface area (Å²) >= 11 is 1.75. The molecule has 1 aromatic heterocycles. The van der Waals surface area contributed by atoms with E-state index in [0.717, 1.165) is 6.42 Å². The largest absolute Gasteiger partial charge is 0.345 e. The van der Waals surface area contributed by atoms with Crippen molar-refractivity contribution in [3.05, 3.63) is 21.9 Å². The number of amides is 2. The molecule has 2 rings (SSSR count). The SMILES string of the molecule is CCC1C(=O)NCC(=O)N1C(C)Cc1ccc(C)s1. The second kappa shape index (κ2) is 5.74. The number of carbonyl (C=O) groups is 2. The number of rotatable bonds is 4. The van der Waals surface area contributed by atoms with Crippen molar-refractivity contribution < 1.29 is 9.59 Å². The summed E-state index contributed by atoms with van der Waals surface area (Å²) in [6.07, 6.45) is 1.47. The number of hydrogen-bond acceptors (Lipinski definition) is 3. The lowest BCUT2D eigenvalue weighted by Gasteiger charge is -2.38. The molecule has 1 fully saturated rings. The summed E-state index contributed by atoms with van der Waals surface area (Å²) < 4.78 is 0. The molecule has 1 aliphatic heterocycles. The van der Waals surface area contributed by atoms with E-state index in [9.17, 15) is 9.59 Å². The van der Waals surface area contributed by atoms with Crippen molar-refractivity contribution >= 4 is 23.2 Å². The van der Waals surface area contributed by atoms with Crippen LogP contribution in [0.3, 0.4) is 0 Å². The molecule has 2 atom stereocenters. The van der Waals surface area contributed by atoms with E-state index < -0.39 is 0 Å². The molecule has 2 unspecified atom stereocenters. The van der Waals surface area contributed by atoms with E-state index in [1.165, 1.54) is 9.75 Å². The van der Waals surface area contributed by atoms with Crippen molar-refractivity contribution in [3.8, 4) is 0 Å². The molecule has 0 radical (unpaired) electrons. The maximum absolute atomic E-state index is 12.1. The molecule has 1 aliphatic rings. The smallest absolute Gasteiger partial charge is 0.243 e. The fourth-order valence-electron chi connectivity index (χ4n) is 2.59. The standard InChI is InChI=1S/C14H20N2O2S/c1-4-12-14(18)15-8-13(17)16(12)9(2)7-11-6-5-10(3)19-11/h5-6,9,12H,4,7-8H2,1-3H3,(H,15,18). The molecule has 5 heteroatoms. The molecule has 1 aromatic rings. The molecule has 1 N–H and O–H groups in total. The van der Waals surface area contributed by atoms with Gasteiger partial charge in [0.2, 0.25) is 11.8 Å². The molecule has 2 amide bonds. The van der Waals surface area contributed by atoms with Gasteiger partial charge in [0, 0.05) is 22.2 Å². The van der Waals surface area contributed by atoms with Crippen LogP contribution in [-0.2, 0) is 16.0 Å². The highest BCUT2D eigenvalue weighted by Gasteiger charge is 2.35. The maximum atomic E-state index is 12.1. The normalized spacial score (nSPS) is 21.4. The van der Waals surface area contributed by atoms with Crippen LogP contribution in [0.25, 0.3) is 0 Å². The van der Waals surface area contributed by atoms with Crippen LogP contribution in [-0.4, -0.2) is 35.3 Å². The molecule has 0 saturated carbocycles. The van der Waals surface area contributed by atoms with Crippen LogP contribution in [0.1, 0.15) is 30.0 Å². The summed E-state index contributed by atoms with van der Waals surface area (Å²) in [6, 6.07) is 3.93. The Morgan fingerprint density at radius 2 is 2.21 bits per heavy atom. The van der Waals surface area contributed by atoms with Crippen molar-refractivity contribution in [2.75, 3.05) is 6.54 Å². The van der Waals surface area contributed by atoms with Gasteiger partial charge in [-0.3, -0.25) is 9.59 Å². The number of nitrogens with one attached hydrogen (secondary N) is 1. The fourth-order valence-corrected chi connectivity index (χ4v) is 3.60. The number of carbonyl (C=O) groups excluding carboxylic acids is 2. The second-order valence-corrected chi connectivity index (χ2v) is 6.38. The first-order valence-electron chi connectivity index (χ1n) is 6.67. The van der Waals surface area contributed by atoms with Crippen molar-refractivity contribution in [2.24, 2.45) is 0 Å². The highest BCUT2D eigenvalue weighted by Crippen LogP contribution is 2.21.